The average Bonchev–Trinajstić information content (AvgIpc) is 4.04. The first-order valence-corrected chi connectivity index (χ1v) is 22.0. The molecule has 4 N–H and O–H groups in total. The second kappa shape index (κ2) is 15.9. The number of piperidine rings is 2. The summed E-state index contributed by atoms with van der Waals surface area (Å²) in [6.07, 6.45) is 4.28. The summed E-state index contributed by atoms with van der Waals surface area (Å²) >= 11 is 0. The zero-order chi connectivity index (χ0) is 43.7. The Bertz CT molecular complexity index is 2730. The number of rotatable bonds is 10. The van der Waals surface area contributed by atoms with Crippen LogP contribution in [0.5, 0.6) is 0 Å². The van der Waals surface area contributed by atoms with Gasteiger partial charge in [-0.15, -0.1) is 0 Å². The van der Waals surface area contributed by atoms with E-state index < -0.39 is 24.3 Å². The summed E-state index contributed by atoms with van der Waals surface area (Å²) in [6, 6.07) is 26.4. The lowest BCUT2D eigenvalue weighted by molar-refractivity contribution is -0.139. The molecule has 14 nitrogen and oxygen atoms in total. The first-order chi connectivity index (χ1) is 30.5. The number of methoxy groups -OCH3 is 2. The van der Waals surface area contributed by atoms with E-state index in [2.05, 4.69) is 82.1 Å². The quantitative estimate of drug-likeness (QED) is 0.107. The monoisotopic (exact) mass is 848 g/mol. The third kappa shape index (κ3) is 7.05. The fourth-order valence-electron chi connectivity index (χ4n) is 10.9. The van der Waals surface area contributed by atoms with Gasteiger partial charge in [0.2, 0.25) is 5.91 Å². The Hall–Kier alpha value is -6.70. The van der Waals surface area contributed by atoms with Crippen molar-refractivity contribution < 1.29 is 28.7 Å². The topological polar surface area (TPSA) is 175 Å². The van der Waals surface area contributed by atoms with E-state index in [1.165, 1.54) is 14.2 Å². The minimum absolute atomic E-state index is 0.0756. The molecule has 6 aromatic rings. The predicted molar refractivity (Wildman–Crippen MR) is 237 cm³/mol. The minimum atomic E-state index is -0.889. The van der Waals surface area contributed by atoms with Crippen molar-refractivity contribution >= 4 is 45.8 Å². The molecule has 0 spiro atoms. The normalized spacial score (nSPS) is 24.4. The molecule has 4 aliphatic rings. The average molecular weight is 849 g/mol. The number of fused-ring (bicyclic) bond motifs is 6. The Morgan fingerprint density at radius 3 is 2.25 bits per heavy atom. The maximum Gasteiger partial charge on any atom is 0.407 e. The van der Waals surface area contributed by atoms with Crippen LogP contribution >= 0.6 is 0 Å². The van der Waals surface area contributed by atoms with Crippen LogP contribution in [0.4, 0.5) is 9.59 Å². The van der Waals surface area contributed by atoms with Gasteiger partial charge in [0.15, 0.2) is 0 Å². The first-order valence-electron chi connectivity index (χ1n) is 22.0. The smallest absolute Gasteiger partial charge is 0.407 e. The van der Waals surface area contributed by atoms with E-state index >= 15 is 0 Å². The summed E-state index contributed by atoms with van der Waals surface area (Å²) in [4.78, 5) is 74.0. The fraction of sp³-hybridized carbons (Fsp3) is 0.388. The number of alkyl carbamates (subject to hydrolysis) is 2. The molecule has 0 radical (unpaired) electrons. The molecule has 14 heteroatoms. The second-order valence-electron chi connectivity index (χ2n) is 18.0. The number of nitrogens with zero attached hydrogens (tertiary/aromatic N) is 4. The molecule has 63 heavy (non-hydrogen) atoms. The Labute approximate surface area is 365 Å². The number of ether oxygens (including phenoxy) is 2. The van der Waals surface area contributed by atoms with Gasteiger partial charge in [0, 0.05) is 17.5 Å². The highest BCUT2D eigenvalue weighted by Crippen LogP contribution is 2.58. The highest BCUT2D eigenvalue weighted by Gasteiger charge is 2.61. The van der Waals surface area contributed by atoms with Crippen molar-refractivity contribution in [1.82, 2.24) is 40.4 Å². The van der Waals surface area contributed by atoms with Crippen LogP contribution in [0.3, 0.4) is 0 Å². The number of carbonyl (C=O) groups is 4. The fourth-order valence-corrected chi connectivity index (χ4v) is 10.9. The van der Waals surface area contributed by atoms with Crippen molar-refractivity contribution in [2.45, 2.75) is 82.7 Å². The number of aromatic nitrogens is 4. The standard InChI is InChI=1S/C49H52N8O6/c1-25(2)39(54-48(60)62-4)46(58)56-33-18-15-32(22-33)43(56)45-50-24-37(52-45)28-13-11-27(12-14-28)30-16-19-34-31(21-30)17-20-36-41(34)53-44(51-36)38-23-35-26(3)42(35)57(38)47(59)40(55-49(61)63-5)29-9-7-6-8-10-29/h6-14,16-17,19-21,24-26,32-33,35,38-40,42-43H,15,18,22-23H2,1-5H3,(H,50,52)(H,51,53)(H,54,60)(H,55,61)/t26-,32+,33?,35?,38+,39?,40-,42?,43+/m1/s1. The molecule has 10 rings (SSSR count). The molecule has 4 fully saturated rings. The molecular formula is C49H52N8O6. The SMILES string of the molecule is COC(=O)NC(C(=O)N1C2CC[C@@H](C2)[C@H]1c1ncc(-c2ccc(-c3ccc4c(ccc5[nH]c([C@@H]6CC7C([C@@H]7C)N6C(=O)[C@H](NC(=O)OC)c6ccccc6)nc54)c3)cc2)[nH]1)C(C)C. The van der Waals surface area contributed by atoms with Crippen molar-refractivity contribution in [3.8, 4) is 22.4 Å². The molecule has 2 aliphatic carbocycles. The molecule has 4 unspecified atom stereocenters. The summed E-state index contributed by atoms with van der Waals surface area (Å²) in [6.45, 7) is 6.04. The first kappa shape index (κ1) is 40.4. The van der Waals surface area contributed by atoms with Crippen molar-refractivity contribution in [2.75, 3.05) is 14.2 Å². The molecule has 9 atom stereocenters. The molecule has 2 bridgehead atoms. The van der Waals surface area contributed by atoms with Crippen LogP contribution in [0.15, 0.2) is 91.1 Å². The van der Waals surface area contributed by atoms with Gasteiger partial charge in [-0.25, -0.2) is 19.6 Å². The number of hydrogen-bond donors (Lipinski definition) is 4. The molecule has 2 aliphatic heterocycles. The third-order valence-electron chi connectivity index (χ3n) is 14.2. The van der Waals surface area contributed by atoms with E-state index in [-0.39, 0.29) is 41.9 Å². The number of nitrogens with one attached hydrogen (secondary N) is 4. The number of benzene rings is 4. The lowest BCUT2D eigenvalue weighted by atomic mass is 9.95. The number of likely N-dealkylation sites (tertiary alicyclic amines) is 2. The van der Waals surface area contributed by atoms with Gasteiger partial charge >= 0.3 is 12.2 Å². The van der Waals surface area contributed by atoms with Crippen LogP contribution in [-0.2, 0) is 19.1 Å². The van der Waals surface area contributed by atoms with E-state index in [1.807, 2.05) is 60.2 Å². The van der Waals surface area contributed by atoms with E-state index in [9.17, 15) is 19.2 Å². The van der Waals surface area contributed by atoms with Crippen molar-refractivity contribution in [1.29, 1.82) is 0 Å². The van der Waals surface area contributed by atoms with Gasteiger partial charge in [0.25, 0.3) is 5.91 Å². The van der Waals surface area contributed by atoms with Crippen molar-refractivity contribution in [3.05, 3.63) is 108 Å². The Balaban J connectivity index is 0.880. The maximum absolute atomic E-state index is 14.4. The number of aromatic amines is 2. The van der Waals surface area contributed by atoms with Crippen LogP contribution in [0.25, 0.3) is 44.2 Å². The maximum atomic E-state index is 14.4. The van der Waals surface area contributed by atoms with Gasteiger partial charge in [0.1, 0.15) is 23.7 Å². The molecule has 4 heterocycles. The van der Waals surface area contributed by atoms with Crippen molar-refractivity contribution in [2.24, 2.45) is 23.7 Å². The largest absolute Gasteiger partial charge is 0.453 e. The predicted octanol–water partition coefficient (Wildman–Crippen LogP) is 8.21. The summed E-state index contributed by atoms with van der Waals surface area (Å²) in [7, 11) is 2.61. The lowest BCUT2D eigenvalue weighted by Gasteiger charge is -2.37. The summed E-state index contributed by atoms with van der Waals surface area (Å²) < 4.78 is 9.75. The van der Waals surface area contributed by atoms with Crippen LogP contribution in [0, 0.1) is 23.7 Å². The molecular weight excluding hydrogens is 797 g/mol. The number of hydrogen-bond acceptors (Lipinski definition) is 8. The summed E-state index contributed by atoms with van der Waals surface area (Å²) in [5.41, 5.74) is 6.44. The summed E-state index contributed by atoms with van der Waals surface area (Å²) in [5, 5.41) is 7.61. The molecule has 324 valence electrons. The van der Waals surface area contributed by atoms with E-state index in [1.54, 1.807) is 0 Å². The minimum Gasteiger partial charge on any atom is -0.453 e. The highest BCUT2D eigenvalue weighted by molar-refractivity contribution is 6.05. The van der Waals surface area contributed by atoms with Gasteiger partial charge in [-0.05, 0) is 89.1 Å². The van der Waals surface area contributed by atoms with Crippen LogP contribution < -0.4 is 10.6 Å². The summed E-state index contributed by atoms with van der Waals surface area (Å²) in [5.74, 6) is 2.17. The van der Waals surface area contributed by atoms with Gasteiger partial charge in [-0.2, -0.15) is 0 Å². The number of H-pyrrole nitrogens is 2. The zero-order valence-electron chi connectivity index (χ0n) is 36.0. The van der Waals surface area contributed by atoms with Gasteiger partial charge in [-0.3, -0.25) is 9.59 Å². The molecule has 2 aromatic heterocycles. The highest BCUT2D eigenvalue weighted by atomic mass is 16.5. The third-order valence-corrected chi connectivity index (χ3v) is 14.2. The van der Waals surface area contributed by atoms with E-state index in [4.69, 9.17) is 19.4 Å². The van der Waals surface area contributed by atoms with Crippen LogP contribution in [-0.4, -0.2) is 86.1 Å². The van der Waals surface area contributed by atoms with E-state index in [0.29, 0.717) is 23.3 Å². The van der Waals surface area contributed by atoms with Crippen LogP contribution in [0.1, 0.15) is 81.8 Å². The lowest BCUT2D eigenvalue weighted by Crippen LogP contribution is -2.54. The molecule has 4 amide bonds. The van der Waals surface area contributed by atoms with Gasteiger partial charge in [-0.1, -0.05) is 93.6 Å². The Morgan fingerprint density at radius 1 is 0.778 bits per heavy atom. The van der Waals surface area contributed by atoms with Gasteiger partial charge in [0.05, 0.1) is 49.2 Å². The van der Waals surface area contributed by atoms with E-state index in [0.717, 1.165) is 81.5 Å². The molecule has 2 saturated heterocycles. The number of imidazole rings is 2. The zero-order valence-corrected chi connectivity index (χ0v) is 36.0. The molecule has 4 aromatic carbocycles. The van der Waals surface area contributed by atoms with Crippen LogP contribution in [0.2, 0.25) is 0 Å². The molecule has 2 saturated carbocycles. The van der Waals surface area contributed by atoms with Crippen molar-refractivity contribution in [3.63, 3.8) is 0 Å². The Kier molecular flexibility index (Phi) is 10.2. The number of amides is 4. The number of carbonyl (C=O) groups excluding carboxylic acids is 4. The van der Waals surface area contributed by atoms with Gasteiger partial charge < -0.3 is 39.9 Å². The second-order valence-corrected chi connectivity index (χ2v) is 18.0. The Morgan fingerprint density at radius 2 is 1.51 bits per heavy atom.